The van der Waals surface area contributed by atoms with E-state index in [1.807, 2.05) is 44.2 Å². The first-order chi connectivity index (χ1) is 15.5. The molecule has 0 aliphatic heterocycles. The Balaban J connectivity index is 1.56. The summed E-state index contributed by atoms with van der Waals surface area (Å²) in [6, 6.07) is 12.7. The van der Waals surface area contributed by atoms with E-state index in [0.717, 1.165) is 29.8 Å². The molecule has 1 saturated carbocycles. The lowest BCUT2D eigenvalue weighted by atomic mass is 9.85. The highest BCUT2D eigenvalue weighted by molar-refractivity contribution is 7.89. The minimum absolute atomic E-state index is 0.0402. The topological polar surface area (TPSA) is 75.3 Å². The third-order valence-corrected chi connectivity index (χ3v) is 7.57. The van der Waals surface area contributed by atoms with Gasteiger partial charge in [0.05, 0.1) is 16.5 Å². The molecule has 0 saturated heterocycles. The van der Waals surface area contributed by atoms with Gasteiger partial charge < -0.3 is 5.32 Å². The second kappa shape index (κ2) is 10.3. The van der Waals surface area contributed by atoms with E-state index in [9.17, 15) is 26.4 Å². The van der Waals surface area contributed by atoms with Crippen molar-refractivity contribution in [2.75, 3.05) is 0 Å². The predicted octanol–water partition coefficient (Wildman–Crippen LogP) is 5.06. The minimum Gasteiger partial charge on any atom is -0.349 e. The lowest BCUT2D eigenvalue weighted by Crippen LogP contribution is -2.42. The Morgan fingerprint density at radius 2 is 1.52 bits per heavy atom. The second-order valence-corrected chi connectivity index (χ2v) is 10.5. The van der Waals surface area contributed by atoms with Crippen molar-refractivity contribution in [3.63, 3.8) is 0 Å². The summed E-state index contributed by atoms with van der Waals surface area (Å²) in [7, 11) is -3.94. The Kier molecular flexibility index (Phi) is 7.84. The van der Waals surface area contributed by atoms with Gasteiger partial charge in [0.1, 0.15) is 0 Å². The van der Waals surface area contributed by atoms with E-state index < -0.39 is 21.8 Å². The number of alkyl halides is 3. The highest BCUT2D eigenvalue weighted by Gasteiger charge is 2.32. The van der Waals surface area contributed by atoms with Crippen LogP contribution in [0.2, 0.25) is 0 Å². The number of sulfonamides is 1. The molecule has 0 spiro atoms. The van der Waals surface area contributed by atoms with Crippen molar-refractivity contribution >= 4 is 15.9 Å². The van der Waals surface area contributed by atoms with Gasteiger partial charge in [-0.05, 0) is 61.4 Å². The Morgan fingerprint density at radius 3 is 2.03 bits per heavy atom. The molecule has 2 aromatic carbocycles. The first-order valence-corrected chi connectivity index (χ1v) is 12.5. The Hall–Kier alpha value is -2.39. The number of hydrogen-bond acceptors (Lipinski definition) is 3. The van der Waals surface area contributed by atoms with Crippen molar-refractivity contribution in [1.82, 2.24) is 10.0 Å². The molecule has 5 nitrogen and oxygen atoms in total. The number of benzene rings is 2. The zero-order valence-electron chi connectivity index (χ0n) is 18.6. The van der Waals surface area contributed by atoms with Gasteiger partial charge in [0.15, 0.2) is 0 Å². The molecule has 2 aromatic rings. The number of rotatable bonds is 7. The highest BCUT2D eigenvalue weighted by Crippen LogP contribution is 2.31. The Labute approximate surface area is 192 Å². The van der Waals surface area contributed by atoms with Gasteiger partial charge >= 0.3 is 6.18 Å². The summed E-state index contributed by atoms with van der Waals surface area (Å²) in [6.07, 6.45) is -2.49. The summed E-state index contributed by atoms with van der Waals surface area (Å²) in [5, 5.41) is 3.14. The van der Waals surface area contributed by atoms with Crippen LogP contribution in [0.4, 0.5) is 13.2 Å². The lowest BCUT2D eigenvalue weighted by molar-refractivity contribution is -0.137. The van der Waals surface area contributed by atoms with E-state index in [4.69, 9.17) is 0 Å². The normalized spacial score (nSPS) is 20.4. The van der Waals surface area contributed by atoms with Crippen molar-refractivity contribution < 1.29 is 26.4 Å². The SMILES string of the molecule is CC(C)C(NC(=O)C1CCC(NS(=O)(=O)c2ccc(C(F)(F)F)cc2)CC1)c1ccccc1. The van der Waals surface area contributed by atoms with Gasteiger partial charge in [0.2, 0.25) is 15.9 Å². The maximum atomic E-state index is 12.9. The van der Waals surface area contributed by atoms with E-state index in [-0.39, 0.29) is 34.7 Å². The predicted molar refractivity (Wildman–Crippen MR) is 120 cm³/mol. The number of carbonyl (C=O) groups is 1. The van der Waals surface area contributed by atoms with E-state index in [1.54, 1.807) is 0 Å². The average molecular weight is 483 g/mol. The number of hydrogen-bond donors (Lipinski definition) is 2. The Bertz CT molecular complexity index is 1030. The first-order valence-electron chi connectivity index (χ1n) is 11.0. The molecular formula is C24H29F3N2O3S. The fourth-order valence-electron chi connectivity index (χ4n) is 4.15. The number of carbonyl (C=O) groups excluding carboxylic acids is 1. The molecule has 1 fully saturated rings. The zero-order chi connectivity index (χ0) is 24.2. The van der Waals surface area contributed by atoms with Crippen molar-refractivity contribution in [3.8, 4) is 0 Å². The van der Waals surface area contributed by atoms with Crippen LogP contribution >= 0.6 is 0 Å². The monoisotopic (exact) mass is 482 g/mol. The van der Waals surface area contributed by atoms with Gasteiger partial charge in [0, 0.05) is 12.0 Å². The zero-order valence-corrected chi connectivity index (χ0v) is 19.4. The molecule has 3 rings (SSSR count). The molecule has 1 aliphatic carbocycles. The van der Waals surface area contributed by atoms with Crippen LogP contribution in [0.1, 0.15) is 56.7 Å². The summed E-state index contributed by atoms with van der Waals surface area (Å²) in [5.74, 6) is -0.0355. The summed E-state index contributed by atoms with van der Waals surface area (Å²) < 4.78 is 65.9. The third-order valence-electron chi connectivity index (χ3n) is 6.03. The number of nitrogens with one attached hydrogen (secondary N) is 2. The molecule has 1 aliphatic rings. The molecular weight excluding hydrogens is 453 g/mol. The molecule has 0 aromatic heterocycles. The quantitative estimate of drug-likeness (QED) is 0.580. The Morgan fingerprint density at radius 1 is 0.939 bits per heavy atom. The van der Waals surface area contributed by atoms with E-state index in [1.165, 1.54) is 0 Å². The van der Waals surface area contributed by atoms with E-state index >= 15 is 0 Å². The minimum atomic E-state index is -4.52. The van der Waals surface area contributed by atoms with Gasteiger partial charge in [-0.1, -0.05) is 44.2 Å². The van der Waals surface area contributed by atoms with Gasteiger partial charge in [-0.15, -0.1) is 0 Å². The third kappa shape index (κ3) is 6.57. The van der Waals surface area contributed by atoms with Crippen LogP contribution in [0.3, 0.4) is 0 Å². The largest absolute Gasteiger partial charge is 0.416 e. The maximum absolute atomic E-state index is 12.9. The molecule has 1 amide bonds. The molecule has 1 atom stereocenters. The summed E-state index contributed by atoms with van der Waals surface area (Å²) in [5.41, 5.74) is 0.141. The maximum Gasteiger partial charge on any atom is 0.416 e. The first kappa shape index (κ1) is 25.2. The van der Waals surface area contributed by atoms with E-state index in [0.29, 0.717) is 25.7 Å². The van der Waals surface area contributed by atoms with Crippen LogP contribution in [-0.2, 0) is 21.0 Å². The standard InChI is InChI=1S/C24H29F3N2O3S/c1-16(2)22(17-6-4-3-5-7-17)28-23(30)18-8-12-20(13-9-18)29-33(31,32)21-14-10-19(11-15-21)24(25,26)27/h3-7,10-11,14-16,18,20,22,29H,8-9,12-13H2,1-2H3,(H,28,30). The smallest absolute Gasteiger partial charge is 0.349 e. The molecule has 9 heteroatoms. The van der Waals surface area contributed by atoms with Crippen LogP contribution in [0.5, 0.6) is 0 Å². The number of amides is 1. The fraction of sp³-hybridized carbons (Fsp3) is 0.458. The van der Waals surface area contributed by atoms with Gasteiger partial charge in [-0.2, -0.15) is 13.2 Å². The molecule has 0 radical (unpaired) electrons. The van der Waals surface area contributed by atoms with Gasteiger partial charge in [-0.3, -0.25) is 4.79 Å². The van der Waals surface area contributed by atoms with Gasteiger partial charge in [0.25, 0.3) is 0 Å². The van der Waals surface area contributed by atoms with Crippen molar-refractivity contribution in [2.45, 2.75) is 62.7 Å². The van der Waals surface area contributed by atoms with E-state index in [2.05, 4.69) is 10.0 Å². The van der Waals surface area contributed by atoms with Crippen LogP contribution in [0, 0.1) is 11.8 Å². The summed E-state index contributed by atoms with van der Waals surface area (Å²) in [6.45, 7) is 4.09. The number of halogens is 3. The molecule has 0 bridgehead atoms. The van der Waals surface area contributed by atoms with Crippen LogP contribution < -0.4 is 10.0 Å². The van der Waals surface area contributed by atoms with Crippen molar-refractivity contribution in [1.29, 1.82) is 0 Å². The van der Waals surface area contributed by atoms with Crippen molar-refractivity contribution in [3.05, 3.63) is 65.7 Å². The average Bonchev–Trinajstić information content (AvgIpc) is 2.77. The molecule has 2 N–H and O–H groups in total. The lowest BCUT2D eigenvalue weighted by Gasteiger charge is -2.30. The molecule has 1 unspecified atom stereocenters. The summed E-state index contributed by atoms with van der Waals surface area (Å²) >= 11 is 0. The summed E-state index contributed by atoms with van der Waals surface area (Å²) in [4.78, 5) is 12.7. The molecule has 180 valence electrons. The van der Waals surface area contributed by atoms with Crippen LogP contribution in [0.25, 0.3) is 0 Å². The highest BCUT2D eigenvalue weighted by atomic mass is 32.2. The van der Waals surface area contributed by atoms with Crippen LogP contribution in [-0.4, -0.2) is 20.4 Å². The van der Waals surface area contributed by atoms with Crippen LogP contribution in [0.15, 0.2) is 59.5 Å². The second-order valence-electron chi connectivity index (χ2n) is 8.83. The van der Waals surface area contributed by atoms with Crippen molar-refractivity contribution in [2.24, 2.45) is 11.8 Å². The fourth-order valence-corrected chi connectivity index (χ4v) is 5.46. The molecule has 33 heavy (non-hydrogen) atoms. The van der Waals surface area contributed by atoms with Gasteiger partial charge in [-0.25, -0.2) is 13.1 Å². The molecule has 0 heterocycles.